The molecular formula is C33H29B2Br3ClN3O4. The van der Waals surface area contributed by atoms with Crippen molar-refractivity contribution in [2.75, 3.05) is 0 Å². The van der Waals surface area contributed by atoms with E-state index in [4.69, 9.17) is 20.1 Å². The third-order valence-electron chi connectivity index (χ3n) is 5.75. The Morgan fingerprint density at radius 1 is 0.391 bits per heavy atom. The zero-order valence-corrected chi connectivity index (χ0v) is 29.8. The van der Waals surface area contributed by atoms with Gasteiger partial charge in [0.15, 0.2) is 0 Å². The van der Waals surface area contributed by atoms with Crippen molar-refractivity contribution >= 4 is 85.4 Å². The second-order valence-corrected chi connectivity index (χ2v) is 11.9. The fourth-order valence-electron chi connectivity index (χ4n) is 3.60. The summed E-state index contributed by atoms with van der Waals surface area (Å²) >= 11 is 9.94. The predicted molar refractivity (Wildman–Crippen MR) is 200 cm³/mol. The molecule has 0 bridgehead atoms. The molecule has 0 amide bonds. The zero-order valence-electron chi connectivity index (χ0n) is 24.2. The fraction of sp³-hybridized carbons (Fsp3) is 0. The Labute approximate surface area is 300 Å². The molecule has 0 spiro atoms. The molecule has 3 aromatic carbocycles. The van der Waals surface area contributed by atoms with Crippen LogP contribution in [-0.4, -0.2) is 49.3 Å². The van der Waals surface area contributed by atoms with E-state index < -0.39 is 14.2 Å². The number of pyridine rings is 3. The molecule has 0 fully saturated rings. The summed E-state index contributed by atoms with van der Waals surface area (Å²) in [5, 5.41) is 35.2. The average molecular weight is 828 g/mol. The van der Waals surface area contributed by atoms with Crippen molar-refractivity contribution in [3.05, 3.63) is 160 Å². The second-order valence-electron chi connectivity index (χ2n) is 9.11. The maximum absolute atomic E-state index is 9.01. The highest BCUT2D eigenvalue weighted by Gasteiger charge is 2.11. The van der Waals surface area contributed by atoms with Gasteiger partial charge in [0.25, 0.3) is 0 Å². The molecule has 6 aromatic rings. The van der Waals surface area contributed by atoms with Crippen LogP contribution in [-0.2, 0) is 0 Å². The lowest BCUT2D eigenvalue weighted by molar-refractivity contribution is 0.424. The average Bonchev–Trinajstić information content (AvgIpc) is 3.07. The summed E-state index contributed by atoms with van der Waals surface area (Å²) in [5.41, 5.74) is 5.13. The Bertz CT molecular complexity index is 1700. The lowest BCUT2D eigenvalue weighted by Crippen LogP contribution is -2.30. The van der Waals surface area contributed by atoms with E-state index in [1.54, 1.807) is 55.1 Å². The van der Waals surface area contributed by atoms with Crippen molar-refractivity contribution in [1.29, 1.82) is 0 Å². The van der Waals surface area contributed by atoms with Gasteiger partial charge in [-0.2, -0.15) is 0 Å². The molecule has 0 saturated carbocycles. The topological polar surface area (TPSA) is 120 Å². The number of halogens is 4. The molecule has 0 aliphatic rings. The lowest BCUT2D eigenvalue weighted by atomic mass is 9.80. The number of hydrogen-bond donors (Lipinski definition) is 4. The van der Waals surface area contributed by atoms with Gasteiger partial charge in [-0.15, -0.1) is 12.4 Å². The van der Waals surface area contributed by atoms with E-state index in [0.29, 0.717) is 10.9 Å². The quantitative estimate of drug-likeness (QED) is 0.154. The summed E-state index contributed by atoms with van der Waals surface area (Å²) in [5.74, 6) is 0. The third-order valence-corrected chi connectivity index (χ3v) is 7.05. The van der Waals surface area contributed by atoms with E-state index in [2.05, 4.69) is 80.9 Å². The zero-order chi connectivity index (χ0) is 32.4. The molecule has 46 heavy (non-hydrogen) atoms. The molecule has 0 aliphatic heterocycles. The van der Waals surface area contributed by atoms with Crippen molar-refractivity contribution < 1.29 is 20.1 Å². The highest BCUT2D eigenvalue weighted by atomic mass is 79.9. The third kappa shape index (κ3) is 14.5. The minimum atomic E-state index is -1.47. The summed E-state index contributed by atoms with van der Waals surface area (Å²) in [7, 11) is -2.81. The number of hydrogen-bond acceptors (Lipinski definition) is 7. The van der Waals surface area contributed by atoms with Crippen LogP contribution in [0.25, 0.3) is 22.3 Å². The summed E-state index contributed by atoms with van der Waals surface area (Å²) in [6.07, 6.45) is 10.3. The molecule has 0 radical (unpaired) electrons. The maximum Gasteiger partial charge on any atom is 0.490 e. The van der Waals surface area contributed by atoms with Crippen LogP contribution in [0.2, 0.25) is 0 Å². The van der Waals surface area contributed by atoms with E-state index in [1.807, 2.05) is 66.9 Å². The lowest BCUT2D eigenvalue weighted by Gasteiger charge is -2.03. The number of benzene rings is 3. The molecule has 0 saturated heterocycles. The summed E-state index contributed by atoms with van der Waals surface area (Å²) in [4.78, 5) is 12.0. The number of rotatable bonds is 4. The normalized spacial score (nSPS) is 9.46. The van der Waals surface area contributed by atoms with E-state index in [0.717, 1.165) is 30.1 Å². The first-order valence-corrected chi connectivity index (χ1v) is 15.8. The number of nitrogens with zero attached hydrogens (tertiary/aromatic N) is 3. The van der Waals surface area contributed by atoms with E-state index in [9.17, 15) is 0 Å². The predicted octanol–water partition coefficient (Wildman–Crippen LogP) is 6.33. The van der Waals surface area contributed by atoms with Gasteiger partial charge in [-0.05, 0) is 82.1 Å². The maximum atomic E-state index is 9.01. The van der Waals surface area contributed by atoms with Crippen LogP contribution in [0, 0.1) is 0 Å². The van der Waals surface area contributed by atoms with Crippen LogP contribution in [0.4, 0.5) is 0 Å². The molecule has 3 aromatic heterocycles. The highest BCUT2D eigenvalue weighted by Crippen LogP contribution is 2.21. The Balaban J connectivity index is 0.000000218. The molecule has 0 atom stereocenters. The molecule has 0 unspecified atom stereocenters. The van der Waals surface area contributed by atoms with Crippen LogP contribution in [0.5, 0.6) is 0 Å². The number of aromatic nitrogens is 3. The second kappa shape index (κ2) is 21.6. The molecule has 13 heteroatoms. The summed E-state index contributed by atoms with van der Waals surface area (Å²) in [6, 6.07) is 34.3. The van der Waals surface area contributed by atoms with Gasteiger partial charge in [-0.1, -0.05) is 97.1 Å². The van der Waals surface area contributed by atoms with Gasteiger partial charge < -0.3 is 20.1 Å². The molecular weight excluding hydrogens is 799 g/mol. The largest absolute Gasteiger partial charge is 0.490 e. The van der Waals surface area contributed by atoms with Gasteiger partial charge in [0.2, 0.25) is 0 Å². The van der Waals surface area contributed by atoms with Gasteiger partial charge in [0.05, 0.1) is 0 Å². The Morgan fingerprint density at radius 3 is 1.13 bits per heavy atom. The van der Waals surface area contributed by atoms with Crippen LogP contribution in [0.3, 0.4) is 0 Å². The first-order valence-electron chi connectivity index (χ1n) is 13.4. The minimum absolute atomic E-state index is 0. The smallest absolute Gasteiger partial charge is 0.423 e. The Kier molecular flexibility index (Phi) is 18.3. The van der Waals surface area contributed by atoms with Crippen molar-refractivity contribution in [3.8, 4) is 22.3 Å². The summed E-state index contributed by atoms with van der Waals surface area (Å²) < 4.78 is 2.99. The Hall–Kier alpha value is -3.19. The summed E-state index contributed by atoms with van der Waals surface area (Å²) in [6.45, 7) is 0. The van der Waals surface area contributed by atoms with Crippen LogP contribution < -0.4 is 10.9 Å². The van der Waals surface area contributed by atoms with Gasteiger partial charge in [-0.3, -0.25) is 15.0 Å². The van der Waals surface area contributed by atoms with Crippen LogP contribution in [0.15, 0.2) is 160 Å². The molecule has 6 rings (SSSR count). The Morgan fingerprint density at radius 2 is 0.761 bits per heavy atom. The first-order chi connectivity index (χ1) is 21.7. The van der Waals surface area contributed by atoms with Gasteiger partial charge in [0, 0.05) is 61.6 Å². The van der Waals surface area contributed by atoms with Gasteiger partial charge in [-0.25, -0.2) is 0 Å². The van der Waals surface area contributed by atoms with Crippen LogP contribution in [0.1, 0.15) is 0 Å². The van der Waals surface area contributed by atoms with Gasteiger partial charge >= 0.3 is 14.2 Å². The monoisotopic (exact) mass is 825 g/mol. The van der Waals surface area contributed by atoms with E-state index in [-0.39, 0.29) is 12.4 Å². The molecule has 3 heterocycles. The van der Waals surface area contributed by atoms with Crippen LogP contribution >= 0.6 is 60.2 Å². The fourth-order valence-corrected chi connectivity index (χ4v) is 5.00. The van der Waals surface area contributed by atoms with Crippen molar-refractivity contribution in [2.45, 2.75) is 0 Å². The molecule has 7 nitrogen and oxygen atoms in total. The SMILES string of the molecule is Brc1cncc(-c2ccccc2)c1.Brc1cncc(Br)c1.Cl.OB(O)c1ccccc1.OB(O)c1cncc(-c2ccccc2)c1. The first kappa shape index (κ1) is 39.0. The van der Waals surface area contributed by atoms with E-state index in [1.165, 1.54) is 11.8 Å². The van der Waals surface area contributed by atoms with Crippen molar-refractivity contribution in [2.24, 2.45) is 0 Å². The van der Waals surface area contributed by atoms with E-state index >= 15 is 0 Å². The molecule has 0 aliphatic carbocycles. The molecule has 4 N–H and O–H groups in total. The molecule has 234 valence electrons. The van der Waals surface area contributed by atoms with Gasteiger partial charge in [0.1, 0.15) is 0 Å². The minimum Gasteiger partial charge on any atom is -0.423 e. The van der Waals surface area contributed by atoms with Crippen molar-refractivity contribution in [3.63, 3.8) is 0 Å². The highest BCUT2D eigenvalue weighted by molar-refractivity contribution is 9.11. The van der Waals surface area contributed by atoms with Crippen molar-refractivity contribution in [1.82, 2.24) is 15.0 Å². The standard InChI is InChI=1S/C11H10BNO2.C11H8BrN.C6H7BO2.C5H3Br2N.ClH/c14-12(15)11-6-10(7-13-8-11)9-4-2-1-3-5-9;12-11-6-10(7-13-8-11)9-4-2-1-3-5-9;8-7(9)6-4-2-1-3-5-6;6-4-1-5(7)3-8-2-4;/h1-8,14-15H;1-8H;1-5,8-9H;1-3H;1H.